The Morgan fingerprint density at radius 3 is 2.60 bits per heavy atom. The monoisotopic (exact) mass is 348 g/mol. The maximum absolute atomic E-state index is 12.6. The molecule has 1 aliphatic heterocycles. The molecule has 0 aromatic heterocycles. The van der Waals surface area contributed by atoms with E-state index in [1.807, 2.05) is 0 Å². The quantitative estimate of drug-likeness (QED) is 0.603. The summed E-state index contributed by atoms with van der Waals surface area (Å²) in [5, 5.41) is 5.41. The third kappa shape index (κ3) is 4.57. The second kappa shape index (κ2) is 8.11. The number of esters is 1. The van der Waals surface area contributed by atoms with Gasteiger partial charge in [-0.25, -0.2) is 4.79 Å². The third-order valence-corrected chi connectivity index (χ3v) is 4.23. The normalized spacial score (nSPS) is 17.0. The van der Waals surface area contributed by atoms with Gasteiger partial charge >= 0.3 is 5.97 Å². The van der Waals surface area contributed by atoms with E-state index >= 15 is 0 Å². The van der Waals surface area contributed by atoms with E-state index in [2.05, 4.69) is 10.6 Å². The van der Waals surface area contributed by atoms with E-state index in [4.69, 9.17) is 9.47 Å². The minimum Gasteiger partial charge on any atom is -0.465 e. The zero-order valence-corrected chi connectivity index (χ0v) is 14.8. The number of carbonyl (C=O) groups excluding carboxylic acids is 3. The number of methoxy groups -OCH3 is 1. The van der Waals surface area contributed by atoms with Crippen LogP contribution in [0.4, 0.5) is 5.69 Å². The Labute approximate surface area is 147 Å². The topological polar surface area (TPSA) is 93.7 Å². The molecule has 0 bridgehead atoms. The highest BCUT2D eigenvalue weighted by Crippen LogP contribution is 2.22. The van der Waals surface area contributed by atoms with Crippen LogP contribution in [0, 0.1) is 5.41 Å². The van der Waals surface area contributed by atoms with Crippen LogP contribution in [-0.4, -0.2) is 44.1 Å². The lowest BCUT2D eigenvalue weighted by Gasteiger charge is -2.24. The van der Waals surface area contributed by atoms with Gasteiger partial charge in [-0.1, -0.05) is 12.1 Å². The Kier molecular flexibility index (Phi) is 6.14. The van der Waals surface area contributed by atoms with Crippen molar-refractivity contribution in [1.29, 1.82) is 0 Å². The van der Waals surface area contributed by atoms with Crippen molar-refractivity contribution in [2.24, 2.45) is 5.41 Å². The Morgan fingerprint density at radius 1 is 1.24 bits per heavy atom. The zero-order chi connectivity index (χ0) is 18.4. The molecule has 25 heavy (non-hydrogen) atoms. The summed E-state index contributed by atoms with van der Waals surface area (Å²) in [5.41, 5.74) is -0.768. The van der Waals surface area contributed by atoms with E-state index < -0.39 is 23.2 Å². The van der Waals surface area contributed by atoms with E-state index in [-0.39, 0.29) is 11.7 Å². The van der Waals surface area contributed by atoms with E-state index in [0.717, 1.165) is 12.8 Å². The number of carbonyl (C=O) groups is 3. The summed E-state index contributed by atoms with van der Waals surface area (Å²) in [4.78, 5) is 36.8. The van der Waals surface area contributed by atoms with Gasteiger partial charge in [0.1, 0.15) is 5.41 Å². The largest absolute Gasteiger partial charge is 0.465 e. The summed E-state index contributed by atoms with van der Waals surface area (Å²) in [6, 6.07) is 6.49. The maximum atomic E-state index is 12.6. The van der Waals surface area contributed by atoms with Crippen LogP contribution in [-0.2, 0) is 19.1 Å². The average molecular weight is 348 g/mol. The molecule has 2 N–H and O–H groups in total. The van der Waals surface area contributed by atoms with Gasteiger partial charge in [0, 0.05) is 13.2 Å². The molecule has 0 saturated carbocycles. The van der Waals surface area contributed by atoms with Gasteiger partial charge in [0.15, 0.2) is 0 Å². The standard InChI is InChI=1S/C18H24N2O5/c1-18(2,16(22)19-11-12-7-6-10-25-12)17(23)20-14-9-5-4-8-13(14)15(21)24-3/h4-5,8-9,12H,6-7,10-11H2,1-3H3,(H,19,22)(H,20,23). The number of hydrogen-bond donors (Lipinski definition) is 2. The Balaban J connectivity index is 2.03. The molecule has 1 fully saturated rings. The summed E-state index contributed by atoms with van der Waals surface area (Å²) in [6.07, 6.45) is 1.89. The molecule has 1 aromatic rings. The molecule has 1 unspecified atom stereocenters. The Hall–Kier alpha value is -2.41. The molecule has 7 nitrogen and oxygen atoms in total. The predicted octanol–water partition coefficient (Wildman–Crippen LogP) is 1.73. The number of hydrogen-bond acceptors (Lipinski definition) is 5. The number of amides is 2. The van der Waals surface area contributed by atoms with Crippen molar-refractivity contribution in [2.75, 3.05) is 25.6 Å². The lowest BCUT2D eigenvalue weighted by atomic mass is 9.90. The molecule has 2 rings (SSSR count). The number of para-hydroxylation sites is 1. The van der Waals surface area contributed by atoms with Gasteiger partial charge < -0.3 is 20.1 Å². The van der Waals surface area contributed by atoms with Crippen LogP contribution < -0.4 is 10.6 Å². The lowest BCUT2D eigenvalue weighted by Crippen LogP contribution is -2.47. The van der Waals surface area contributed by atoms with Crippen LogP contribution in [0.15, 0.2) is 24.3 Å². The number of ether oxygens (including phenoxy) is 2. The van der Waals surface area contributed by atoms with Gasteiger partial charge in [-0.15, -0.1) is 0 Å². The SMILES string of the molecule is COC(=O)c1ccccc1NC(=O)C(C)(C)C(=O)NCC1CCCO1. The Morgan fingerprint density at radius 2 is 1.96 bits per heavy atom. The van der Waals surface area contributed by atoms with Crippen molar-refractivity contribution in [3.63, 3.8) is 0 Å². The maximum Gasteiger partial charge on any atom is 0.339 e. The molecule has 1 atom stereocenters. The fraction of sp³-hybridized carbons (Fsp3) is 0.500. The van der Waals surface area contributed by atoms with Crippen molar-refractivity contribution in [3.8, 4) is 0 Å². The molecule has 7 heteroatoms. The first kappa shape index (κ1) is 18.9. The van der Waals surface area contributed by atoms with E-state index in [0.29, 0.717) is 18.8 Å². The summed E-state index contributed by atoms with van der Waals surface area (Å²) in [6.45, 7) is 4.16. The molecule has 1 heterocycles. The second-order valence-corrected chi connectivity index (χ2v) is 6.46. The van der Waals surface area contributed by atoms with E-state index in [1.165, 1.54) is 21.0 Å². The van der Waals surface area contributed by atoms with Crippen LogP contribution >= 0.6 is 0 Å². The molecule has 1 aliphatic rings. The van der Waals surface area contributed by atoms with Crippen molar-refractivity contribution in [1.82, 2.24) is 5.32 Å². The summed E-state index contributed by atoms with van der Waals surface area (Å²) in [5.74, 6) is -1.46. The van der Waals surface area contributed by atoms with Crippen molar-refractivity contribution < 1.29 is 23.9 Å². The van der Waals surface area contributed by atoms with Gasteiger partial charge in [0.2, 0.25) is 11.8 Å². The molecule has 1 aromatic carbocycles. The van der Waals surface area contributed by atoms with Gasteiger partial charge in [0.05, 0.1) is 24.5 Å². The van der Waals surface area contributed by atoms with Crippen LogP contribution in [0.25, 0.3) is 0 Å². The number of nitrogens with one attached hydrogen (secondary N) is 2. The van der Waals surface area contributed by atoms with Crippen LogP contribution in [0.3, 0.4) is 0 Å². The smallest absolute Gasteiger partial charge is 0.339 e. The molecule has 1 saturated heterocycles. The number of rotatable bonds is 6. The van der Waals surface area contributed by atoms with E-state index in [9.17, 15) is 14.4 Å². The Bertz CT molecular complexity index is 651. The molecule has 0 spiro atoms. The molecule has 0 aliphatic carbocycles. The number of anilines is 1. The minimum atomic E-state index is -1.30. The first-order chi connectivity index (χ1) is 11.9. The van der Waals surface area contributed by atoms with Crippen LogP contribution in [0.1, 0.15) is 37.0 Å². The summed E-state index contributed by atoms with van der Waals surface area (Å²) >= 11 is 0. The fourth-order valence-corrected chi connectivity index (χ4v) is 2.49. The highest BCUT2D eigenvalue weighted by Gasteiger charge is 2.37. The van der Waals surface area contributed by atoms with Crippen LogP contribution in [0.2, 0.25) is 0 Å². The van der Waals surface area contributed by atoms with E-state index in [1.54, 1.807) is 24.3 Å². The van der Waals surface area contributed by atoms with Gasteiger partial charge in [-0.3, -0.25) is 9.59 Å². The molecule has 2 amide bonds. The second-order valence-electron chi connectivity index (χ2n) is 6.46. The summed E-state index contributed by atoms with van der Waals surface area (Å²) < 4.78 is 10.2. The third-order valence-electron chi connectivity index (χ3n) is 4.23. The lowest BCUT2D eigenvalue weighted by molar-refractivity contribution is -0.138. The fourth-order valence-electron chi connectivity index (χ4n) is 2.49. The van der Waals surface area contributed by atoms with Crippen molar-refractivity contribution in [2.45, 2.75) is 32.8 Å². The molecule has 136 valence electrons. The predicted molar refractivity (Wildman–Crippen MR) is 92.2 cm³/mol. The summed E-state index contributed by atoms with van der Waals surface area (Å²) in [7, 11) is 1.27. The molecule has 0 radical (unpaired) electrons. The first-order valence-electron chi connectivity index (χ1n) is 8.25. The number of benzene rings is 1. The molecular formula is C18H24N2O5. The molecular weight excluding hydrogens is 324 g/mol. The highest BCUT2D eigenvalue weighted by molar-refractivity contribution is 6.11. The zero-order valence-electron chi connectivity index (χ0n) is 14.8. The van der Waals surface area contributed by atoms with Crippen molar-refractivity contribution in [3.05, 3.63) is 29.8 Å². The average Bonchev–Trinajstić information content (AvgIpc) is 3.12. The first-order valence-corrected chi connectivity index (χ1v) is 8.25. The highest BCUT2D eigenvalue weighted by atomic mass is 16.5. The van der Waals surface area contributed by atoms with Gasteiger partial charge in [-0.05, 0) is 38.8 Å². The van der Waals surface area contributed by atoms with Crippen molar-refractivity contribution >= 4 is 23.5 Å². The van der Waals surface area contributed by atoms with Crippen LogP contribution in [0.5, 0.6) is 0 Å². The van der Waals surface area contributed by atoms with Gasteiger partial charge in [0.25, 0.3) is 0 Å². The van der Waals surface area contributed by atoms with Gasteiger partial charge in [-0.2, -0.15) is 0 Å². The minimum absolute atomic E-state index is 0.00265.